The van der Waals surface area contributed by atoms with E-state index in [9.17, 15) is 0 Å². The Bertz CT molecular complexity index is 370. The van der Waals surface area contributed by atoms with Gasteiger partial charge >= 0.3 is 111 Å². The zero-order valence-corrected chi connectivity index (χ0v) is 12.9. The molecule has 0 unspecified atom stereocenters. The van der Waals surface area contributed by atoms with Crippen molar-refractivity contribution in [3.05, 3.63) is 29.3 Å². The molecule has 1 aromatic rings. The first-order valence-corrected chi connectivity index (χ1v) is 9.86. The van der Waals surface area contributed by atoms with E-state index in [2.05, 4.69) is 49.7 Å². The van der Waals surface area contributed by atoms with Gasteiger partial charge in [-0.25, -0.2) is 0 Å². The molecule has 0 amide bonds. The molecule has 0 aliphatic rings. The van der Waals surface area contributed by atoms with Gasteiger partial charge in [0.25, 0.3) is 0 Å². The SMILES string of the molecule is CC(C)c1cccc(C(C)C)c1[N]=[V]([Cl])[Cl]. The van der Waals surface area contributed by atoms with Crippen molar-refractivity contribution in [1.82, 2.24) is 0 Å². The van der Waals surface area contributed by atoms with Gasteiger partial charge < -0.3 is 0 Å². The van der Waals surface area contributed by atoms with E-state index in [1.807, 2.05) is 0 Å². The molecule has 0 saturated carbocycles. The number of rotatable bonds is 3. The van der Waals surface area contributed by atoms with E-state index in [4.69, 9.17) is 19.7 Å². The van der Waals surface area contributed by atoms with Crippen LogP contribution in [0.4, 0.5) is 5.69 Å². The van der Waals surface area contributed by atoms with Gasteiger partial charge in [0.05, 0.1) is 0 Å². The monoisotopic (exact) mass is 296 g/mol. The molecular formula is C12H17Cl2NV. The van der Waals surface area contributed by atoms with Gasteiger partial charge in [0.15, 0.2) is 0 Å². The summed E-state index contributed by atoms with van der Waals surface area (Å²) in [5, 5.41) is 0. The van der Waals surface area contributed by atoms with Crippen LogP contribution in [0, 0.1) is 0 Å². The quantitative estimate of drug-likeness (QED) is 0.681. The molecule has 4 heteroatoms. The van der Waals surface area contributed by atoms with Crippen LogP contribution in [-0.2, 0) is 13.1 Å². The number of halogens is 2. The fourth-order valence-corrected chi connectivity index (χ4v) is 2.92. The van der Waals surface area contributed by atoms with E-state index < -0.39 is 13.1 Å². The Balaban J connectivity index is 3.41. The van der Waals surface area contributed by atoms with E-state index in [1.54, 1.807) is 0 Å². The predicted molar refractivity (Wildman–Crippen MR) is 68.4 cm³/mol. The van der Waals surface area contributed by atoms with E-state index >= 15 is 0 Å². The predicted octanol–water partition coefficient (Wildman–Crippen LogP) is 5.67. The molecule has 1 aromatic carbocycles. The second-order valence-corrected chi connectivity index (χ2v) is 8.75. The second kappa shape index (κ2) is 6.21. The van der Waals surface area contributed by atoms with Crippen LogP contribution in [0.1, 0.15) is 50.7 Å². The van der Waals surface area contributed by atoms with Gasteiger partial charge in [0.2, 0.25) is 0 Å². The maximum atomic E-state index is 5.91. The second-order valence-electron chi connectivity index (χ2n) is 4.41. The maximum absolute atomic E-state index is 5.91. The van der Waals surface area contributed by atoms with Crippen LogP contribution in [0.25, 0.3) is 0 Å². The standard InChI is InChI=1S/C12H17N.2ClH.V/c1-8(2)10-6-5-7-11(9(3)4)12(10)13;;;/h5-9H,1-4H3;2*1H;/q;;;+2/p-2. The van der Waals surface area contributed by atoms with Gasteiger partial charge in [-0.15, -0.1) is 0 Å². The molecule has 1 rings (SSSR count). The van der Waals surface area contributed by atoms with Crippen LogP contribution in [0.2, 0.25) is 0 Å². The molecule has 0 heterocycles. The molecule has 0 aliphatic heterocycles. The Hall–Kier alpha value is 0.184. The first-order valence-electron chi connectivity index (χ1n) is 5.39. The molecule has 0 aromatic heterocycles. The Morgan fingerprint density at radius 2 is 1.44 bits per heavy atom. The van der Waals surface area contributed by atoms with Crippen molar-refractivity contribution in [2.75, 3.05) is 0 Å². The fourth-order valence-electron chi connectivity index (χ4n) is 1.70. The van der Waals surface area contributed by atoms with Crippen LogP contribution in [-0.4, -0.2) is 0 Å². The Labute approximate surface area is 111 Å². The number of nitrogens with zero attached hydrogens (tertiary/aromatic N) is 1. The minimum absolute atomic E-state index is 0.444. The summed E-state index contributed by atoms with van der Waals surface area (Å²) in [4.78, 5) is 0. The average molecular weight is 297 g/mol. The van der Waals surface area contributed by atoms with Crippen LogP contribution >= 0.6 is 19.7 Å². The number of hydrogen-bond donors (Lipinski definition) is 0. The summed E-state index contributed by atoms with van der Waals surface area (Å²) in [7, 11) is 11.8. The third kappa shape index (κ3) is 3.60. The van der Waals surface area contributed by atoms with Crippen LogP contribution in [0.5, 0.6) is 0 Å². The van der Waals surface area contributed by atoms with Crippen LogP contribution in [0.3, 0.4) is 0 Å². The van der Waals surface area contributed by atoms with Gasteiger partial charge in [-0.2, -0.15) is 0 Å². The average Bonchev–Trinajstić information content (AvgIpc) is 2.16. The van der Waals surface area contributed by atoms with Crippen molar-refractivity contribution in [3.63, 3.8) is 0 Å². The van der Waals surface area contributed by atoms with Gasteiger partial charge in [-0.1, -0.05) is 0 Å². The van der Waals surface area contributed by atoms with Gasteiger partial charge in [0, 0.05) is 0 Å². The van der Waals surface area contributed by atoms with E-state index in [0.717, 1.165) is 5.69 Å². The number of benzene rings is 1. The zero-order valence-electron chi connectivity index (χ0n) is 10.0. The molecular weight excluding hydrogens is 280 g/mol. The summed E-state index contributed by atoms with van der Waals surface area (Å²) in [6.45, 7) is 8.66. The zero-order chi connectivity index (χ0) is 12.3. The molecule has 0 spiro atoms. The fraction of sp³-hybridized carbons (Fsp3) is 0.500. The molecule has 0 radical (unpaired) electrons. The van der Waals surface area contributed by atoms with E-state index in [-0.39, 0.29) is 0 Å². The normalized spacial score (nSPS) is 11.0. The van der Waals surface area contributed by atoms with E-state index in [0.29, 0.717) is 11.8 Å². The third-order valence-electron chi connectivity index (χ3n) is 2.52. The van der Waals surface area contributed by atoms with Gasteiger partial charge in [-0.3, -0.25) is 0 Å². The molecule has 1 nitrogen and oxygen atoms in total. The van der Waals surface area contributed by atoms with Gasteiger partial charge in [-0.05, 0) is 0 Å². The summed E-state index contributed by atoms with van der Waals surface area (Å²) < 4.78 is 4.48. The summed E-state index contributed by atoms with van der Waals surface area (Å²) in [6, 6.07) is 6.31. The van der Waals surface area contributed by atoms with Crippen molar-refractivity contribution >= 4 is 25.4 Å². The summed E-state index contributed by atoms with van der Waals surface area (Å²) in [5.74, 6) is 0.888. The number of hydrogen-bond acceptors (Lipinski definition) is 1. The van der Waals surface area contributed by atoms with Crippen molar-refractivity contribution in [2.45, 2.75) is 39.5 Å². The molecule has 0 N–H and O–H groups in total. The van der Waals surface area contributed by atoms with E-state index in [1.165, 1.54) is 11.1 Å². The summed E-state index contributed by atoms with van der Waals surface area (Å²) >= 11 is -2.03. The molecule has 0 bridgehead atoms. The van der Waals surface area contributed by atoms with Crippen molar-refractivity contribution in [1.29, 1.82) is 0 Å². The molecule has 0 fully saturated rings. The molecule has 0 saturated heterocycles. The first kappa shape index (κ1) is 14.2. The Morgan fingerprint density at radius 1 is 1.00 bits per heavy atom. The van der Waals surface area contributed by atoms with Crippen LogP contribution in [0.15, 0.2) is 22.0 Å². The molecule has 0 aliphatic carbocycles. The summed E-state index contributed by atoms with van der Waals surface area (Å²) in [6.07, 6.45) is 0. The van der Waals surface area contributed by atoms with Crippen molar-refractivity contribution < 1.29 is 13.1 Å². The third-order valence-corrected chi connectivity index (χ3v) is 3.69. The Morgan fingerprint density at radius 3 is 1.75 bits per heavy atom. The van der Waals surface area contributed by atoms with Gasteiger partial charge in [0.1, 0.15) is 0 Å². The minimum atomic E-state index is -2.03. The van der Waals surface area contributed by atoms with Crippen molar-refractivity contribution in [2.24, 2.45) is 3.79 Å². The first-order chi connectivity index (χ1) is 7.43. The summed E-state index contributed by atoms with van der Waals surface area (Å²) in [5.41, 5.74) is 3.51. The molecule has 0 atom stereocenters. The molecule has 16 heavy (non-hydrogen) atoms. The van der Waals surface area contributed by atoms with Crippen molar-refractivity contribution in [3.8, 4) is 0 Å². The topological polar surface area (TPSA) is 12.4 Å². The Kier molecular flexibility index (Phi) is 5.53. The van der Waals surface area contributed by atoms with Crippen LogP contribution < -0.4 is 0 Å². The molecule has 89 valence electrons.